The molecule has 0 radical (unpaired) electrons. The van der Waals surface area contributed by atoms with E-state index >= 15 is 0 Å². The molecule has 2 rings (SSSR count). The zero-order valence-corrected chi connectivity index (χ0v) is 10.5. The zero-order chi connectivity index (χ0) is 12.8. The Balaban J connectivity index is 1.84. The number of ether oxygens (including phenoxy) is 1. The van der Waals surface area contributed by atoms with Crippen LogP contribution in [-0.4, -0.2) is 10.4 Å². The van der Waals surface area contributed by atoms with E-state index in [1.807, 2.05) is 60.3 Å². The van der Waals surface area contributed by atoms with Gasteiger partial charge in [-0.05, 0) is 11.6 Å². The van der Waals surface area contributed by atoms with Crippen molar-refractivity contribution in [3.8, 4) is 0 Å². The third-order valence-corrected chi connectivity index (χ3v) is 2.75. The van der Waals surface area contributed by atoms with Crippen molar-refractivity contribution in [1.29, 1.82) is 0 Å². The Morgan fingerprint density at radius 2 is 2.00 bits per heavy atom. The highest BCUT2D eigenvalue weighted by Crippen LogP contribution is 2.06. The van der Waals surface area contributed by atoms with Gasteiger partial charge in [0.1, 0.15) is 6.73 Å². The lowest BCUT2D eigenvalue weighted by atomic mass is 10.2. The van der Waals surface area contributed by atoms with Crippen molar-refractivity contribution in [1.82, 2.24) is 4.57 Å². The maximum absolute atomic E-state index is 11.5. The topological polar surface area (TPSA) is 31.2 Å². The summed E-state index contributed by atoms with van der Waals surface area (Å²) in [5.41, 5.74) is 1.90. The van der Waals surface area contributed by atoms with E-state index in [1.54, 1.807) is 0 Å². The first-order chi connectivity index (χ1) is 8.79. The quantitative estimate of drug-likeness (QED) is 0.729. The summed E-state index contributed by atoms with van der Waals surface area (Å²) in [6.45, 7) is 2.91. The molecule has 0 amide bonds. The van der Waals surface area contributed by atoms with Crippen LogP contribution < -0.4 is 0 Å². The van der Waals surface area contributed by atoms with Crippen molar-refractivity contribution in [2.75, 3.05) is 0 Å². The number of carbonyl (C=O) groups excluding carboxylic acids is 1. The molecule has 0 bridgehead atoms. The molecule has 94 valence electrons. The Morgan fingerprint density at radius 1 is 1.22 bits per heavy atom. The van der Waals surface area contributed by atoms with Crippen LogP contribution >= 0.6 is 0 Å². The van der Waals surface area contributed by atoms with Gasteiger partial charge in [0.25, 0.3) is 0 Å². The SMILES string of the molecule is CCC(=O)c1ccn(COCc2ccccc2)c1. The first kappa shape index (κ1) is 12.6. The maximum Gasteiger partial charge on any atom is 0.164 e. The summed E-state index contributed by atoms with van der Waals surface area (Å²) in [7, 11) is 0. The lowest BCUT2D eigenvalue weighted by molar-refractivity contribution is 0.0641. The molecule has 3 heteroatoms. The fourth-order valence-electron chi connectivity index (χ4n) is 1.73. The van der Waals surface area contributed by atoms with E-state index in [4.69, 9.17) is 4.74 Å². The molecule has 0 aliphatic carbocycles. The summed E-state index contributed by atoms with van der Waals surface area (Å²) in [5, 5.41) is 0. The summed E-state index contributed by atoms with van der Waals surface area (Å²) in [4.78, 5) is 11.5. The molecule has 0 spiro atoms. The van der Waals surface area contributed by atoms with Gasteiger partial charge >= 0.3 is 0 Å². The predicted octanol–water partition coefficient (Wildman–Crippen LogP) is 3.26. The van der Waals surface area contributed by atoms with Crippen LogP contribution in [0.3, 0.4) is 0 Å². The predicted molar refractivity (Wildman–Crippen MR) is 70.3 cm³/mol. The van der Waals surface area contributed by atoms with Crippen LogP contribution in [0.2, 0.25) is 0 Å². The largest absolute Gasteiger partial charge is 0.356 e. The molecule has 1 aromatic carbocycles. The van der Waals surface area contributed by atoms with Crippen LogP contribution in [0.15, 0.2) is 48.8 Å². The highest BCUT2D eigenvalue weighted by atomic mass is 16.5. The molecule has 2 aromatic rings. The molecule has 0 fully saturated rings. The Kier molecular flexibility index (Phi) is 4.31. The molecule has 0 aliphatic rings. The van der Waals surface area contributed by atoms with E-state index in [2.05, 4.69) is 0 Å². The van der Waals surface area contributed by atoms with Gasteiger partial charge in [-0.3, -0.25) is 4.79 Å². The molecule has 0 unspecified atom stereocenters. The smallest absolute Gasteiger partial charge is 0.164 e. The number of rotatable bonds is 6. The van der Waals surface area contributed by atoms with Gasteiger partial charge in [-0.15, -0.1) is 0 Å². The fourth-order valence-corrected chi connectivity index (χ4v) is 1.73. The molecule has 0 aliphatic heterocycles. The standard InChI is InChI=1S/C15H17NO2/c1-2-15(17)14-8-9-16(10-14)12-18-11-13-6-4-3-5-7-13/h3-10H,2,11-12H2,1H3. The lowest BCUT2D eigenvalue weighted by Gasteiger charge is -2.05. The van der Waals surface area contributed by atoms with Gasteiger partial charge in [-0.1, -0.05) is 37.3 Å². The number of Topliss-reactive ketones (excluding diaryl/α,β-unsaturated/α-hetero) is 1. The molecule has 0 N–H and O–H groups in total. The Bertz CT molecular complexity index is 502. The second-order valence-corrected chi connectivity index (χ2v) is 4.15. The number of ketones is 1. The van der Waals surface area contributed by atoms with Crippen LogP contribution in [-0.2, 0) is 18.1 Å². The average Bonchev–Trinajstić information content (AvgIpc) is 2.88. The summed E-state index contributed by atoms with van der Waals surface area (Å²) in [6.07, 6.45) is 4.24. The highest BCUT2D eigenvalue weighted by Gasteiger charge is 2.04. The minimum absolute atomic E-state index is 0.164. The summed E-state index contributed by atoms with van der Waals surface area (Å²) in [6, 6.07) is 11.9. The third kappa shape index (κ3) is 3.31. The molecule has 1 aromatic heterocycles. The van der Waals surface area contributed by atoms with Gasteiger partial charge < -0.3 is 9.30 Å². The molecular formula is C15H17NO2. The number of nitrogens with zero attached hydrogens (tertiary/aromatic N) is 1. The van der Waals surface area contributed by atoms with Gasteiger partial charge in [-0.25, -0.2) is 0 Å². The second-order valence-electron chi connectivity index (χ2n) is 4.15. The molecule has 1 heterocycles. The van der Waals surface area contributed by atoms with Crippen LogP contribution in [0.25, 0.3) is 0 Å². The van der Waals surface area contributed by atoms with Crippen LogP contribution in [0.1, 0.15) is 29.3 Å². The molecule has 0 atom stereocenters. The van der Waals surface area contributed by atoms with Gasteiger partial charge in [0.05, 0.1) is 6.61 Å². The Hall–Kier alpha value is -1.87. The van der Waals surface area contributed by atoms with Gasteiger partial charge in [0, 0.05) is 24.4 Å². The number of benzene rings is 1. The number of hydrogen-bond donors (Lipinski definition) is 0. The van der Waals surface area contributed by atoms with E-state index in [-0.39, 0.29) is 5.78 Å². The number of hydrogen-bond acceptors (Lipinski definition) is 2. The van der Waals surface area contributed by atoms with Crippen LogP contribution in [0.5, 0.6) is 0 Å². The van der Waals surface area contributed by atoms with E-state index < -0.39 is 0 Å². The number of carbonyl (C=O) groups is 1. The van der Waals surface area contributed by atoms with Crippen molar-refractivity contribution in [3.63, 3.8) is 0 Å². The normalized spacial score (nSPS) is 10.5. The summed E-state index contributed by atoms with van der Waals surface area (Å²) < 4.78 is 7.46. The minimum atomic E-state index is 0.164. The first-order valence-electron chi connectivity index (χ1n) is 6.10. The second kappa shape index (κ2) is 6.17. The van der Waals surface area contributed by atoms with Gasteiger partial charge in [0.15, 0.2) is 5.78 Å². The van der Waals surface area contributed by atoms with E-state index in [9.17, 15) is 4.79 Å². The Morgan fingerprint density at radius 3 is 2.72 bits per heavy atom. The van der Waals surface area contributed by atoms with Gasteiger partial charge in [0.2, 0.25) is 0 Å². The van der Waals surface area contributed by atoms with E-state index in [0.29, 0.717) is 19.8 Å². The Labute approximate surface area is 107 Å². The van der Waals surface area contributed by atoms with Crippen molar-refractivity contribution in [3.05, 3.63) is 59.9 Å². The van der Waals surface area contributed by atoms with Crippen molar-refractivity contribution in [2.24, 2.45) is 0 Å². The molecule has 0 saturated carbocycles. The first-order valence-corrected chi connectivity index (χ1v) is 6.10. The van der Waals surface area contributed by atoms with E-state index in [0.717, 1.165) is 11.1 Å². The van der Waals surface area contributed by atoms with Crippen LogP contribution in [0.4, 0.5) is 0 Å². The monoisotopic (exact) mass is 243 g/mol. The van der Waals surface area contributed by atoms with Crippen LogP contribution in [0, 0.1) is 0 Å². The summed E-state index contributed by atoms with van der Waals surface area (Å²) in [5.74, 6) is 0.164. The molecule has 0 saturated heterocycles. The van der Waals surface area contributed by atoms with Crippen molar-refractivity contribution in [2.45, 2.75) is 26.7 Å². The molecular weight excluding hydrogens is 226 g/mol. The maximum atomic E-state index is 11.5. The number of aromatic nitrogens is 1. The third-order valence-electron chi connectivity index (χ3n) is 2.75. The zero-order valence-electron chi connectivity index (χ0n) is 10.5. The van der Waals surface area contributed by atoms with Gasteiger partial charge in [-0.2, -0.15) is 0 Å². The average molecular weight is 243 g/mol. The fraction of sp³-hybridized carbons (Fsp3) is 0.267. The lowest BCUT2D eigenvalue weighted by Crippen LogP contribution is -2.01. The van der Waals surface area contributed by atoms with Crippen molar-refractivity contribution < 1.29 is 9.53 Å². The van der Waals surface area contributed by atoms with Crippen molar-refractivity contribution >= 4 is 5.78 Å². The highest BCUT2D eigenvalue weighted by molar-refractivity contribution is 5.95. The molecule has 18 heavy (non-hydrogen) atoms. The molecule has 3 nitrogen and oxygen atoms in total. The minimum Gasteiger partial charge on any atom is -0.356 e. The summed E-state index contributed by atoms with van der Waals surface area (Å²) >= 11 is 0. The van der Waals surface area contributed by atoms with E-state index in [1.165, 1.54) is 0 Å².